The van der Waals surface area contributed by atoms with Gasteiger partial charge in [-0.25, -0.2) is 4.79 Å². The number of nitrogens with zero attached hydrogens (tertiary/aromatic N) is 5. The number of aromatic carboxylic acids is 1. The lowest BCUT2D eigenvalue weighted by Gasteiger charge is -2.32. The third kappa shape index (κ3) is 2.67. The molecule has 7 heteroatoms. The number of likely N-dealkylation sites (N-methyl/N-ethyl adjacent to an activating group) is 1. The number of carbonyl (C=O) groups is 1. The number of hydrogen-bond donors (Lipinski definition) is 1. The van der Waals surface area contributed by atoms with Crippen LogP contribution < -0.4 is 4.90 Å². The van der Waals surface area contributed by atoms with Gasteiger partial charge in [0, 0.05) is 26.2 Å². The number of para-hydroxylation sites is 1. The fourth-order valence-corrected chi connectivity index (χ4v) is 2.56. The van der Waals surface area contributed by atoms with E-state index in [0.717, 1.165) is 37.4 Å². The van der Waals surface area contributed by atoms with E-state index in [0.29, 0.717) is 5.82 Å². The highest BCUT2D eigenvalue weighted by atomic mass is 16.4. The van der Waals surface area contributed by atoms with E-state index in [-0.39, 0.29) is 5.69 Å². The Morgan fingerprint density at radius 3 is 2.45 bits per heavy atom. The number of carboxylic acids is 1. The van der Waals surface area contributed by atoms with Gasteiger partial charge in [0.05, 0.1) is 5.69 Å². The molecule has 2 heterocycles. The van der Waals surface area contributed by atoms with E-state index >= 15 is 0 Å². The second-order valence-corrected chi connectivity index (χ2v) is 5.54. The molecule has 1 fully saturated rings. The second-order valence-electron chi connectivity index (χ2n) is 5.54. The lowest BCUT2D eigenvalue weighted by Crippen LogP contribution is -2.45. The smallest absolute Gasteiger partial charge is 0.360 e. The molecule has 116 valence electrons. The summed E-state index contributed by atoms with van der Waals surface area (Å²) in [6.07, 6.45) is 0. The van der Waals surface area contributed by atoms with E-state index in [4.69, 9.17) is 0 Å². The van der Waals surface area contributed by atoms with Crippen molar-refractivity contribution in [2.75, 3.05) is 38.1 Å². The Morgan fingerprint density at radius 1 is 1.14 bits per heavy atom. The first kappa shape index (κ1) is 14.5. The number of piperazine rings is 1. The zero-order valence-electron chi connectivity index (χ0n) is 12.7. The van der Waals surface area contributed by atoms with Gasteiger partial charge < -0.3 is 14.9 Å². The van der Waals surface area contributed by atoms with Gasteiger partial charge >= 0.3 is 5.97 Å². The number of anilines is 1. The molecular weight excluding hydrogens is 282 g/mol. The van der Waals surface area contributed by atoms with E-state index in [1.54, 1.807) is 0 Å². The van der Waals surface area contributed by atoms with Gasteiger partial charge in [-0.2, -0.15) is 0 Å². The molecule has 0 aliphatic carbocycles. The second kappa shape index (κ2) is 5.76. The van der Waals surface area contributed by atoms with Gasteiger partial charge in [-0.1, -0.05) is 18.2 Å². The minimum absolute atomic E-state index is 0.00723. The number of hydrogen-bond acceptors (Lipinski definition) is 5. The van der Waals surface area contributed by atoms with Crippen LogP contribution in [0.5, 0.6) is 0 Å². The molecule has 1 aliphatic heterocycles. The molecule has 3 rings (SSSR count). The third-order valence-electron chi connectivity index (χ3n) is 3.93. The Balaban J connectivity index is 2.00. The molecule has 0 atom stereocenters. The first-order valence-electron chi connectivity index (χ1n) is 7.26. The topological polar surface area (TPSA) is 74.5 Å². The molecule has 1 aromatic heterocycles. The summed E-state index contributed by atoms with van der Waals surface area (Å²) in [5, 5.41) is 18.1. The van der Waals surface area contributed by atoms with Gasteiger partial charge in [0.15, 0.2) is 5.82 Å². The zero-order chi connectivity index (χ0) is 15.7. The summed E-state index contributed by atoms with van der Waals surface area (Å²) in [4.78, 5) is 17.1. The normalized spacial score (nSPS) is 16.0. The van der Waals surface area contributed by atoms with Crippen LogP contribution in [0.2, 0.25) is 0 Å². The van der Waals surface area contributed by atoms with Crippen molar-refractivity contribution in [2.45, 2.75) is 6.92 Å². The molecular formula is C15H19N5O2. The molecule has 0 saturated carbocycles. The number of aryl methyl sites for hydroxylation is 1. The Kier molecular flexibility index (Phi) is 3.81. The van der Waals surface area contributed by atoms with Crippen LogP contribution in [0.4, 0.5) is 5.82 Å². The lowest BCUT2D eigenvalue weighted by atomic mass is 10.2. The van der Waals surface area contributed by atoms with E-state index < -0.39 is 5.97 Å². The van der Waals surface area contributed by atoms with Crippen molar-refractivity contribution in [1.82, 2.24) is 19.9 Å². The molecule has 1 saturated heterocycles. The van der Waals surface area contributed by atoms with Gasteiger partial charge in [-0.3, -0.25) is 0 Å². The standard InChI is InChI=1S/C15H19N5O2/c1-11-5-3-4-6-12(11)20-16-13(15(21)22)14(17-20)19-9-7-18(2)8-10-19/h3-6H,7-10H2,1-2H3,(H,21,22). The minimum atomic E-state index is -1.05. The summed E-state index contributed by atoms with van der Waals surface area (Å²) in [6.45, 7) is 5.23. The minimum Gasteiger partial charge on any atom is -0.476 e. The molecule has 7 nitrogen and oxygen atoms in total. The van der Waals surface area contributed by atoms with Crippen LogP contribution in [0, 0.1) is 6.92 Å². The van der Waals surface area contributed by atoms with Crippen molar-refractivity contribution >= 4 is 11.8 Å². The molecule has 22 heavy (non-hydrogen) atoms. The largest absolute Gasteiger partial charge is 0.476 e. The molecule has 0 bridgehead atoms. The zero-order valence-corrected chi connectivity index (χ0v) is 12.7. The van der Waals surface area contributed by atoms with Crippen molar-refractivity contribution in [3.8, 4) is 5.69 Å². The van der Waals surface area contributed by atoms with E-state index in [1.807, 2.05) is 36.1 Å². The summed E-state index contributed by atoms with van der Waals surface area (Å²) >= 11 is 0. The van der Waals surface area contributed by atoms with E-state index in [9.17, 15) is 9.90 Å². The highest BCUT2D eigenvalue weighted by Gasteiger charge is 2.26. The summed E-state index contributed by atoms with van der Waals surface area (Å²) in [5.74, 6) is -0.599. The Bertz CT molecular complexity index is 689. The fraction of sp³-hybridized carbons (Fsp3) is 0.400. The first-order chi connectivity index (χ1) is 10.6. The fourth-order valence-electron chi connectivity index (χ4n) is 2.56. The molecule has 2 aromatic rings. The van der Waals surface area contributed by atoms with Crippen molar-refractivity contribution in [1.29, 1.82) is 0 Å². The highest BCUT2D eigenvalue weighted by molar-refractivity contribution is 5.91. The maximum Gasteiger partial charge on any atom is 0.360 e. The van der Waals surface area contributed by atoms with Gasteiger partial charge in [0.2, 0.25) is 5.69 Å². The monoisotopic (exact) mass is 301 g/mol. The SMILES string of the molecule is Cc1ccccc1-n1nc(C(=O)O)c(N2CCN(C)CC2)n1. The summed E-state index contributed by atoms with van der Waals surface area (Å²) in [6, 6.07) is 7.66. The van der Waals surface area contributed by atoms with E-state index in [2.05, 4.69) is 22.1 Å². The predicted molar refractivity (Wildman–Crippen MR) is 82.8 cm³/mol. The Hall–Kier alpha value is -2.41. The number of rotatable bonds is 3. The van der Waals surface area contributed by atoms with Gasteiger partial charge in [0.25, 0.3) is 0 Å². The average molecular weight is 301 g/mol. The average Bonchev–Trinajstić information content (AvgIpc) is 2.93. The summed E-state index contributed by atoms with van der Waals surface area (Å²) in [5.41, 5.74) is 1.80. The predicted octanol–water partition coefficient (Wildman–Crippen LogP) is 1.03. The van der Waals surface area contributed by atoms with Crippen molar-refractivity contribution in [3.63, 3.8) is 0 Å². The van der Waals surface area contributed by atoms with E-state index in [1.165, 1.54) is 4.80 Å². The Labute approximate surface area is 128 Å². The molecule has 1 aromatic carbocycles. The quantitative estimate of drug-likeness (QED) is 0.912. The molecule has 0 unspecified atom stereocenters. The molecule has 1 aliphatic rings. The van der Waals surface area contributed by atoms with Gasteiger partial charge in [-0.15, -0.1) is 15.0 Å². The van der Waals surface area contributed by atoms with Gasteiger partial charge in [0.1, 0.15) is 0 Å². The van der Waals surface area contributed by atoms with Crippen molar-refractivity contribution in [2.24, 2.45) is 0 Å². The van der Waals surface area contributed by atoms with Crippen LogP contribution in [0.25, 0.3) is 5.69 Å². The molecule has 0 spiro atoms. The first-order valence-corrected chi connectivity index (χ1v) is 7.26. The lowest BCUT2D eigenvalue weighted by molar-refractivity contribution is 0.0690. The van der Waals surface area contributed by atoms with Crippen LogP contribution in [0.1, 0.15) is 16.1 Å². The van der Waals surface area contributed by atoms with Crippen LogP contribution in [0.3, 0.4) is 0 Å². The molecule has 0 radical (unpaired) electrons. The van der Waals surface area contributed by atoms with Crippen LogP contribution in [0.15, 0.2) is 24.3 Å². The van der Waals surface area contributed by atoms with Crippen LogP contribution >= 0.6 is 0 Å². The van der Waals surface area contributed by atoms with Crippen LogP contribution in [-0.2, 0) is 0 Å². The van der Waals surface area contributed by atoms with Crippen molar-refractivity contribution in [3.05, 3.63) is 35.5 Å². The summed E-state index contributed by atoms with van der Waals surface area (Å²) in [7, 11) is 2.06. The number of carboxylic acid groups (broad SMARTS) is 1. The summed E-state index contributed by atoms with van der Waals surface area (Å²) < 4.78 is 0. The van der Waals surface area contributed by atoms with Gasteiger partial charge in [-0.05, 0) is 25.6 Å². The van der Waals surface area contributed by atoms with Crippen molar-refractivity contribution < 1.29 is 9.90 Å². The Morgan fingerprint density at radius 2 is 1.82 bits per heavy atom. The maximum atomic E-state index is 11.5. The number of aromatic nitrogens is 3. The molecule has 0 amide bonds. The highest BCUT2D eigenvalue weighted by Crippen LogP contribution is 2.20. The molecule has 1 N–H and O–H groups in total. The maximum absolute atomic E-state index is 11.5. The number of benzene rings is 1. The van der Waals surface area contributed by atoms with Crippen LogP contribution in [-0.4, -0.2) is 64.2 Å². The third-order valence-corrected chi connectivity index (χ3v) is 3.93.